The van der Waals surface area contributed by atoms with Crippen LogP contribution in [-0.2, 0) is 12.8 Å². The average Bonchev–Trinajstić information content (AvgIpc) is 3.23. The zero-order valence-corrected chi connectivity index (χ0v) is 17.4. The number of thiazole rings is 1. The summed E-state index contributed by atoms with van der Waals surface area (Å²) < 4.78 is 44.8. The first-order valence-electron chi connectivity index (χ1n) is 9.46. The van der Waals surface area contributed by atoms with Gasteiger partial charge >= 0.3 is 6.18 Å². The van der Waals surface area contributed by atoms with Crippen LogP contribution in [0.15, 0.2) is 53.9 Å². The Labute approximate surface area is 176 Å². The number of hydrogen-bond donors (Lipinski definition) is 0. The third kappa shape index (κ3) is 4.99. The fraction of sp³-hybridized carbons (Fsp3) is 0.273. The van der Waals surface area contributed by atoms with Crippen molar-refractivity contribution in [3.05, 3.63) is 70.7 Å². The molecule has 0 aliphatic rings. The summed E-state index contributed by atoms with van der Waals surface area (Å²) in [5.74, 6) is 0.345. The van der Waals surface area contributed by atoms with Crippen molar-refractivity contribution >= 4 is 17.2 Å². The number of aromatic nitrogens is 1. The minimum atomic E-state index is -4.42. The second-order valence-corrected chi connectivity index (χ2v) is 7.34. The summed E-state index contributed by atoms with van der Waals surface area (Å²) in [6.07, 6.45) is -4.42. The monoisotopic (exact) mass is 434 g/mol. The maximum Gasteiger partial charge on any atom is 0.416 e. The summed E-state index contributed by atoms with van der Waals surface area (Å²) in [6, 6.07) is 12.3. The fourth-order valence-electron chi connectivity index (χ4n) is 2.95. The van der Waals surface area contributed by atoms with E-state index < -0.39 is 11.7 Å². The van der Waals surface area contributed by atoms with E-state index >= 15 is 0 Å². The molecule has 0 bridgehead atoms. The Hall–Kier alpha value is -2.87. The van der Waals surface area contributed by atoms with Gasteiger partial charge in [-0.2, -0.15) is 13.2 Å². The number of alkyl halides is 3. The Bertz CT molecular complexity index is 996. The smallest absolute Gasteiger partial charge is 0.416 e. The molecule has 0 aliphatic carbocycles. The summed E-state index contributed by atoms with van der Waals surface area (Å²) in [5.41, 5.74) is 0.591. The van der Waals surface area contributed by atoms with E-state index in [9.17, 15) is 18.0 Å². The fourth-order valence-corrected chi connectivity index (χ4v) is 3.75. The number of hydrogen-bond acceptors (Lipinski definition) is 4. The third-order valence-electron chi connectivity index (χ3n) is 4.59. The number of carbonyl (C=O) groups is 1. The van der Waals surface area contributed by atoms with Gasteiger partial charge in [0.1, 0.15) is 23.1 Å². The lowest BCUT2D eigenvalue weighted by Crippen LogP contribution is -2.30. The summed E-state index contributed by atoms with van der Waals surface area (Å²) in [5, 5.41) is 2.42. The molecule has 2 aromatic carbocycles. The second kappa shape index (κ2) is 9.30. The number of ether oxygens (including phenoxy) is 1. The number of benzene rings is 2. The number of amides is 1. The molecular weight excluding hydrogens is 413 g/mol. The molecule has 1 heterocycles. The molecule has 3 aromatic rings. The van der Waals surface area contributed by atoms with Crippen LogP contribution in [0, 0.1) is 0 Å². The van der Waals surface area contributed by atoms with Crippen LogP contribution in [-0.4, -0.2) is 28.9 Å². The summed E-state index contributed by atoms with van der Waals surface area (Å²) in [6.45, 7) is 4.88. The maximum absolute atomic E-state index is 13.1. The Morgan fingerprint density at radius 1 is 1.07 bits per heavy atom. The van der Waals surface area contributed by atoms with Gasteiger partial charge in [-0.25, -0.2) is 4.98 Å². The van der Waals surface area contributed by atoms with Gasteiger partial charge in [-0.15, -0.1) is 11.3 Å². The molecule has 0 aliphatic heterocycles. The molecule has 0 atom stereocenters. The predicted octanol–water partition coefficient (Wildman–Crippen LogP) is 5.89. The van der Waals surface area contributed by atoms with Crippen molar-refractivity contribution in [2.75, 3.05) is 13.1 Å². The molecule has 0 saturated heterocycles. The van der Waals surface area contributed by atoms with Crippen LogP contribution >= 0.6 is 11.3 Å². The average molecular weight is 434 g/mol. The third-order valence-corrected chi connectivity index (χ3v) is 5.48. The van der Waals surface area contributed by atoms with E-state index in [1.807, 2.05) is 13.8 Å². The molecule has 0 radical (unpaired) electrons. The van der Waals surface area contributed by atoms with Crippen molar-refractivity contribution < 1.29 is 22.7 Å². The molecule has 0 unspecified atom stereocenters. The minimum Gasteiger partial charge on any atom is -0.489 e. The van der Waals surface area contributed by atoms with E-state index in [0.29, 0.717) is 29.5 Å². The van der Waals surface area contributed by atoms with Crippen molar-refractivity contribution in [2.45, 2.75) is 26.6 Å². The number of rotatable bonds is 7. The number of carbonyl (C=O) groups excluding carboxylic acids is 1. The molecule has 4 nitrogen and oxygen atoms in total. The Balaban J connectivity index is 1.69. The normalized spacial score (nSPS) is 11.4. The van der Waals surface area contributed by atoms with E-state index in [0.717, 1.165) is 11.6 Å². The molecule has 158 valence electrons. The summed E-state index contributed by atoms with van der Waals surface area (Å²) >= 11 is 1.37. The molecular formula is C22H21F3N2O2S. The van der Waals surface area contributed by atoms with E-state index in [1.54, 1.807) is 40.6 Å². The highest BCUT2D eigenvalue weighted by atomic mass is 32.1. The molecule has 0 saturated carbocycles. The SMILES string of the molecule is CCN(CC)C(=O)c1csc(-c2ccc(OCc3ccccc3C(F)(F)F)cc2)n1. The van der Waals surface area contributed by atoms with Gasteiger partial charge in [0.05, 0.1) is 5.56 Å². The van der Waals surface area contributed by atoms with Gasteiger partial charge in [-0.05, 0) is 44.2 Å². The minimum absolute atomic E-state index is 0.0774. The zero-order valence-electron chi connectivity index (χ0n) is 16.6. The van der Waals surface area contributed by atoms with Gasteiger partial charge in [0.15, 0.2) is 0 Å². The zero-order chi connectivity index (χ0) is 21.7. The van der Waals surface area contributed by atoms with Crippen molar-refractivity contribution in [2.24, 2.45) is 0 Å². The van der Waals surface area contributed by atoms with E-state index in [1.165, 1.54) is 23.5 Å². The summed E-state index contributed by atoms with van der Waals surface area (Å²) in [4.78, 5) is 18.5. The highest BCUT2D eigenvalue weighted by Gasteiger charge is 2.32. The van der Waals surface area contributed by atoms with Crippen LogP contribution < -0.4 is 4.74 Å². The van der Waals surface area contributed by atoms with E-state index in [-0.39, 0.29) is 18.1 Å². The number of nitrogens with zero attached hydrogens (tertiary/aromatic N) is 2. The van der Waals surface area contributed by atoms with Crippen LogP contribution in [0.25, 0.3) is 10.6 Å². The number of halogens is 3. The van der Waals surface area contributed by atoms with Crippen molar-refractivity contribution in [3.8, 4) is 16.3 Å². The molecule has 0 N–H and O–H groups in total. The van der Waals surface area contributed by atoms with Gasteiger partial charge in [0, 0.05) is 29.6 Å². The van der Waals surface area contributed by atoms with E-state index in [4.69, 9.17) is 4.74 Å². The molecule has 1 amide bonds. The molecule has 0 spiro atoms. The molecule has 8 heteroatoms. The van der Waals surface area contributed by atoms with Crippen molar-refractivity contribution in [1.82, 2.24) is 9.88 Å². The van der Waals surface area contributed by atoms with Gasteiger partial charge < -0.3 is 9.64 Å². The highest BCUT2D eigenvalue weighted by Crippen LogP contribution is 2.32. The second-order valence-electron chi connectivity index (χ2n) is 6.48. The first kappa shape index (κ1) is 21.8. The topological polar surface area (TPSA) is 42.4 Å². The van der Waals surface area contributed by atoms with Crippen molar-refractivity contribution in [1.29, 1.82) is 0 Å². The Kier molecular flexibility index (Phi) is 6.77. The van der Waals surface area contributed by atoms with Gasteiger partial charge in [-0.3, -0.25) is 4.79 Å². The largest absolute Gasteiger partial charge is 0.489 e. The first-order valence-corrected chi connectivity index (χ1v) is 10.3. The standard InChI is InChI=1S/C22H21F3N2O2S/c1-3-27(4-2)21(28)19-14-30-20(26-19)15-9-11-17(12-10-15)29-13-16-7-5-6-8-18(16)22(23,24)25/h5-12,14H,3-4,13H2,1-2H3. The van der Waals surface area contributed by atoms with Crippen molar-refractivity contribution in [3.63, 3.8) is 0 Å². The van der Waals surface area contributed by atoms with Crippen LogP contribution in [0.1, 0.15) is 35.5 Å². The quantitative estimate of drug-likeness (QED) is 0.466. The molecule has 0 fully saturated rings. The van der Waals surface area contributed by atoms with Gasteiger partial charge in [0.2, 0.25) is 0 Å². The highest BCUT2D eigenvalue weighted by molar-refractivity contribution is 7.13. The van der Waals surface area contributed by atoms with Gasteiger partial charge in [0.25, 0.3) is 5.91 Å². The summed E-state index contributed by atoms with van der Waals surface area (Å²) in [7, 11) is 0. The Morgan fingerprint density at radius 3 is 2.37 bits per heavy atom. The van der Waals surface area contributed by atoms with Crippen LogP contribution in [0.3, 0.4) is 0 Å². The molecule has 1 aromatic heterocycles. The Morgan fingerprint density at radius 2 is 1.73 bits per heavy atom. The lowest BCUT2D eigenvalue weighted by atomic mass is 10.1. The van der Waals surface area contributed by atoms with Crippen LogP contribution in [0.5, 0.6) is 5.75 Å². The molecule has 3 rings (SSSR count). The van der Waals surface area contributed by atoms with Crippen LogP contribution in [0.2, 0.25) is 0 Å². The van der Waals surface area contributed by atoms with Gasteiger partial charge in [-0.1, -0.05) is 18.2 Å². The lowest BCUT2D eigenvalue weighted by molar-refractivity contribution is -0.138. The lowest BCUT2D eigenvalue weighted by Gasteiger charge is -2.16. The maximum atomic E-state index is 13.1. The first-order chi connectivity index (χ1) is 14.3. The predicted molar refractivity (Wildman–Crippen MR) is 111 cm³/mol. The molecule has 30 heavy (non-hydrogen) atoms. The van der Waals surface area contributed by atoms with E-state index in [2.05, 4.69) is 4.98 Å². The van der Waals surface area contributed by atoms with Crippen LogP contribution in [0.4, 0.5) is 13.2 Å².